The molecule has 166 valence electrons. The van der Waals surface area contributed by atoms with E-state index in [9.17, 15) is 29.9 Å². The van der Waals surface area contributed by atoms with Crippen molar-refractivity contribution in [3.05, 3.63) is 89.1 Å². The van der Waals surface area contributed by atoms with Crippen LogP contribution in [0, 0.1) is 16.7 Å². The Labute approximate surface area is 193 Å². The lowest BCUT2D eigenvalue weighted by Gasteiger charge is -2.31. The van der Waals surface area contributed by atoms with Gasteiger partial charge in [-0.15, -0.1) is 0 Å². The van der Waals surface area contributed by atoms with Gasteiger partial charge in [0.2, 0.25) is 0 Å². The van der Waals surface area contributed by atoms with Crippen molar-refractivity contribution in [1.82, 2.24) is 4.90 Å². The number of rotatable bonds is 5. The Hall–Kier alpha value is -4.09. The van der Waals surface area contributed by atoms with Gasteiger partial charge in [-0.05, 0) is 35.9 Å². The van der Waals surface area contributed by atoms with Crippen molar-refractivity contribution in [2.45, 2.75) is 18.0 Å². The number of hydrogen-bond donors (Lipinski definition) is 2. The molecule has 33 heavy (non-hydrogen) atoms. The predicted molar refractivity (Wildman–Crippen MR) is 116 cm³/mol. The van der Waals surface area contributed by atoms with Gasteiger partial charge >= 0.3 is 17.9 Å². The van der Waals surface area contributed by atoms with E-state index < -0.39 is 41.3 Å². The maximum Gasteiger partial charge on any atom is 0.337 e. The summed E-state index contributed by atoms with van der Waals surface area (Å²) in [5, 5.41) is 30.3. The Bertz CT molecular complexity index is 1220. The SMILES string of the molecule is N#CC1(C(=O)O)C(c2ccc(Cl)cc2)C(C(=O)Oc2ccccc2)N2C=C(C(=O)O)C=CC21. The Kier molecular flexibility index (Phi) is 5.66. The van der Waals surface area contributed by atoms with E-state index in [1.807, 2.05) is 6.07 Å². The minimum Gasteiger partial charge on any atom is -0.480 e. The normalized spacial score (nSPS) is 25.5. The molecule has 0 radical (unpaired) electrons. The summed E-state index contributed by atoms with van der Waals surface area (Å²) in [6.45, 7) is 0. The molecule has 0 aromatic heterocycles. The second-order valence-corrected chi connectivity index (χ2v) is 8.07. The first-order valence-corrected chi connectivity index (χ1v) is 10.2. The number of ether oxygens (including phenoxy) is 1. The van der Waals surface area contributed by atoms with Gasteiger partial charge in [-0.3, -0.25) is 4.79 Å². The molecule has 2 N–H and O–H groups in total. The number of nitrogens with zero attached hydrogens (tertiary/aromatic N) is 2. The monoisotopic (exact) mass is 464 g/mol. The van der Waals surface area contributed by atoms with Crippen molar-refractivity contribution in [2.24, 2.45) is 5.41 Å². The van der Waals surface area contributed by atoms with Gasteiger partial charge in [0, 0.05) is 17.1 Å². The molecule has 0 aliphatic carbocycles. The summed E-state index contributed by atoms with van der Waals surface area (Å²) in [5.74, 6) is -4.47. The third-order valence-electron chi connectivity index (χ3n) is 5.88. The first-order chi connectivity index (χ1) is 15.8. The molecule has 0 bridgehead atoms. The van der Waals surface area contributed by atoms with Gasteiger partial charge in [-0.2, -0.15) is 5.26 Å². The van der Waals surface area contributed by atoms with Crippen LogP contribution in [0.25, 0.3) is 0 Å². The van der Waals surface area contributed by atoms with Gasteiger partial charge in [0.1, 0.15) is 11.8 Å². The smallest absolute Gasteiger partial charge is 0.337 e. The van der Waals surface area contributed by atoms with Crippen molar-refractivity contribution in [2.75, 3.05) is 0 Å². The van der Waals surface area contributed by atoms with E-state index in [0.717, 1.165) is 0 Å². The molecule has 4 rings (SSSR count). The van der Waals surface area contributed by atoms with Crippen LogP contribution >= 0.6 is 11.6 Å². The molecule has 2 aromatic carbocycles. The number of esters is 1. The lowest BCUT2D eigenvalue weighted by Crippen LogP contribution is -2.44. The highest BCUT2D eigenvalue weighted by atomic mass is 35.5. The highest BCUT2D eigenvalue weighted by Crippen LogP contribution is 2.53. The molecule has 4 atom stereocenters. The molecule has 9 heteroatoms. The standard InChI is InChI=1S/C24H17ClN2O6/c25-16-9-6-14(7-10-16)19-20(22(30)33-17-4-2-1-3-5-17)27-12-15(21(28)29)8-11-18(27)24(19,13-26)23(31)32/h1-12,18-20H,(H,28,29)(H,31,32). The second-order valence-electron chi connectivity index (χ2n) is 7.63. The molecule has 8 nitrogen and oxygen atoms in total. The van der Waals surface area contributed by atoms with Crippen LogP contribution in [0.4, 0.5) is 0 Å². The van der Waals surface area contributed by atoms with E-state index in [1.165, 1.54) is 35.4 Å². The molecule has 4 unspecified atom stereocenters. The highest BCUT2D eigenvalue weighted by molar-refractivity contribution is 6.30. The number of halogens is 1. The van der Waals surface area contributed by atoms with Crippen molar-refractivity contribution in [1.29, 1.82) is 5.26 Å². The van der Waals surface area contributed by atoms with E-state index in [0.29, 0.717) is 10.6 Å². The van der Waals surface area contributed by atoms with Crippen molar-refractivity contribution >= 4 is 29.5 Å². The third kappa shape index (κ3) is 3.62. The van der Waals surface area contributed by atoms with Crippen LogP contribution in [0.5, 0.6) is 5.75 Å². The highest BCUT2D eigenvalue weighted by Gasteiger charge is 2.66. The Balaban J connectivity index is 1.91. The van der Waals surface area contributed by atoms with Gasteiger partial charge < -0.3 is 19.8 Å². The van der Waals surface area contributed by atoms with Crippen LogP contribution in [0.2, 0.25) is 5.02 Å². The number of benzene rings is 2. The van der Waals surface area contributed by atoms with Crippen LogP contribution < -0.4 is 4.74 Å². The van der Waals surface area contributed by atoms with Gasteiger partial charge in [-0.25, -0.2) is 9.59 Å². The third-order valence-corrected chi connectivity index (χ3v) is 6.13. The summed E-state index contributed by atoms with van der Waals surface area (Å²) >= 11 is 6.00. The number of carboxylic acid groups (broad SMARTS) is 2. The fraction of sp³-hybridized carbons (Fsp3) is 0.167. The average molecular weight is 465 g/mol. The first kappa shape index (κ1) is 22.1. The van der Waals surface area contributed by atoms with E-state index in [2.05, 4.69) is 0 Å². The molecule has 2 aromatic rings. The molecule has 0 saturated carbocycles. The van der Waals surface area contributed by atoms with E-state index in [1.54, 1.807) is 42.5 Å². The second kappa shape index (κ2) is 8.45. The molecule has 2 heterocycles. The number of aliphatic carboxylic acids is 2. The van der Waals surface area contributed by atoms with Crippen LogP contribution in [0.15, 0.2) is 78.5 Å². The van der Waals surface area contributed by atoms with Crippen LogP contribution in [-0.2, 0) is 14.4 Å². The molecule has 1 saturated heterocycles. The minimum absolute atomic E-state index is 0.155. The Morgan fingerprint density at radius 3 is 2.30 bits per heavy atom. The van der Waals surface area contributed by atoms with Crippen LogP contribution in [0.1, 0.15) is 11.5 Å². The maximum atomic E-state index is 13.4. The molecule has 2 aliphatic rings. The largest absolute Gasteiger partial charge is 0.480 e. The Morgan fingerprint density at radius 2 is 1.73 bits per heavy atom. The average Bonchev–Trinajstić information content (AvgIpc) is 3.11. The quantitative estimate of drug-likeness (QED) is 0.510. The fourth-order valence-electron chi connectivity index (χ4n) is 4.43. The van der Waals surface area contributed by atoms with E-state index >= 15 is 0 Å². The number of para-hydroxylation sites is 1. The lowest BCUT2D eigenvalue weighted by molar-refractivity contribution is -0.146. The number of carboxylic acids is 2. The molecule has 0 amide bonds. The zero-order valence-electron chi connectivity index (χ0n) is 17.0. The topological polar surface area (TPSA) is 128 Å². The molecule has 0 spiro atoms. The number of carbonyl (C=O) groups excluding carboxylic acids is 1. The molecular weight excluding hydrogens is 448 g/mol. The zero-order valence-corrected chi connectivity index (χ0v) is 17.7. The number of fused-ring (bicyclic) bond motifs is 1. The van der Waals surface area contributed by atoms with Crippen molar-refractivity contribution < 1.29 is 29.3 Å². The van der Waals surface area contributed by atoms with Crippen LogP contribution in [-0.4, -0.2) is 45.1 Å². The van der Waals surface area contributed by atoms with Crippen LogP contribution in [0.3, 0.4) is 0 Å². The first-order valence-electron chi connectivity index (χ1n) is 9.87. The summed E-state index contributed by atoms with van der Waals surface area (Å²) in [4.78, 5) is 38.9. The maximum absolute atomic E-state index is 13.4. The number of carbonyl (C=O) groups is 3. The summed E-state index contributed by atoms with van der Waals surface area (Å²) < 4.78 is 5.53. The molecule has 2 aliphatic heterocycles. The summed E-state index contributed by atoms with van der Waals surface area (Å²) in [5.41, 5.74) is -1.88. The summed E-state index contributed by atoms with van der Waals surface area (Å²) in [6.07, 6.45) is 3.76. The molecule has 1 fully saturated rings. The number of nitriles is 1. The summed E-state index contributed by atoms with van der Waals surface area (Å²) in [6, 6.07) is 13.9. The van der Waals surface area contributed by atoms with Crippen molar-refractivity contribution in [3.8, 4) is 11.8 Å². The minimum atomic E-state index is -2.11. The lowest BCUT2D eigenvalue weighted by atomic mass is 9.69. The number of hydrogen-bond acceptors (Lipinski definition) is 6. The van der Waals surface area contributed by atoms with Gasteiger partial charge in [0.05, 0.1) is 17.7 Å². The van der Waals surface area contributed by atoms with Gasteiger partial charge in [0.15, 0.2) is 5.41 Å². The summed E-state index contributed by atoms with van der Waals surface area (Å²) in [7, 11) is 0. The van der Waals surface area contributed by atoms with Gasteiger partial charge in [-0.1, -0.05) is 48.0 Å². The van der Waals surface area contributed by atoms with Gasteiger partial charge in [0.25, 0.3) is 0 Å². The van der Waals surface area contributed by atoms with Crippen molar-refractivity contribution in [3.63, 3.8) is 0 Å². The van der Waals surface area contributed by atoms with E-state index in [-0.39, 0.29) is 11.3 Å². The predicted octanol–water partition coefficient (Wildman–Crippen LogP) is 3.21. The fourth-order valence-corrected chi connectivity index (χ4v) is 4.56. The zero-order chi connectivity index (χ0) is 23.8. The Morgan fingerprint density at radius 1 is 1.06 bits per heavy atom. The molecular formula is C24H17ClN2O6. The van der Waals surface area contributed by atoms with E-state index in [4.69, 9.17) is 16.3 Å².